The lowest BCUT2D eigenvalue weighted by molar-refractivity contribution is 0.208. The zero-order valence-corrected chi connectivity index (χ0v) is 21.7. The van der Waals surface area contributed by atoms with Crippen LogP contribution in [0.15, 0.2) is 48.7 Å². The molecule has 0 bridgehead atoms. The van der Waals surface area contributed by atoms with E-state index in [1.165, 1.54) is 12.8 Å². The number of fused-ring (bicyclic) bond motifs is 1. The average Bonchev–Trinajstić information content (AvgIpc) is 3.43. The number of nitrogens with zero attached hydrogens (tertiary/aromatic N) is 4. The highest BCUT2D eigenvalue weighted by molar-refractivity contribution is 5.89. The fourth-order valence-electron chi connectivity index (χ4n) is 4.76. The monoisotopic (exact) mass is 504 g/mol. The minimum Gasteiger partial charge on any atom is -0.493 e. The van der Waals surface area contributed by atoms with Gasteiger partial charge in [0.1, 0.15) is 11.5 Å². The molecule has 2 N–H and O–H groups in total. The first kappa shape index (κ1) is 25.1. The summed E-state index contributed by atoms with van der Waals surface area (Å²) in [5, 5.41) is 7.46. The number of carbonyl (C=O) groups is 1. The van der Waals surface area contributed by atoms with Crippen molar-refractivity contribution >= 4 is 28.6 Å². The summed E-state index contributed by atoms with van der Waals surface area (Å²) in [6, 6.07) is 13.9. The molecule has 2 aliphatic rings. The molecule has 0 radical (unpaired) electrons. The Kier molecular flexibility index (Phi) is 7.89. The molecule has 2 amide bonds. The fourth-order valence-corrected chi connectivity index (χ4v) is 4.76. The number of hydrogen-bond donors (Lipinski definition) is 2. The van der Waals surface area contributed by atoms with E-state index < -0.39 is 0 Å². The second-order valence-electron chi connectivity index (χ2n) is 9.92. The number of carbonyl (C=O) groups excluding carboxylic acids is 1. The van der Waals surface area contributed by atoms with Gasteiger partial charge in [-0.15, -0.1) is 0 Å². The maximum Gasteiger partial charge on any atom is 0.321 e. The third-order valence-electron chi connectivity index (χ3n) is 6.77. The Bertz CT molecular complexity index is 1190. The second-order valence-corrected chi connectivity index (χ2v) is 9.92. The van der Waals surface area contributed by atoms with Crippen LogP contribution in [0, 0.1) is 0 Å². The predicted molar refractivity (Wildman–Crippen MR) is 146 cm³/mol. The Morgan fingerprint density at radius 3 is 2.62 bits per heavy atom. The van der Waals surface area contributed by atoms with Crippen molar-refractivity contribution < 1.29 is 14.3 Å². The molecule has 196 valence electrons. The van der Waals surface area contributed by atoms with Crippen molar-refractivity contribution in [2.45, 2.75) is 45.3 Å². The summed E-state index contributed by atoms with van der Waals surface area (Å²) in [4.78, 5) is 26.1. The van der Waals surface area contributed by atoms with Crippen LogP contribution in [0.25, 0.3) is 10.9 Å². The van der Waals surface area contributed by atoms with E-state index in [4.69, 9.17) is 14.5 Å². The molecule has 37 heavy (non-hydrogen) atoms. The highest BCUT2D eigenvalue weighted by atomic mass is 16.5. The summed E-state index contributed by atoms with van der Waals surface area (Å²) in [5.41, 5.74) is 1.62. The van der Waals surface area contributed by atoms with Gasteiger partial charge in [-0.3, -0.25) is 0 Å². The standard InChI is InChI=1S/C28H36N6O3/c1-20(2)37-24-9-6-23(7-10-24)31-28(35)34-15-13-33(14-16-34)27-30-19-21-5-8-25(18-26(21)32-27)36-17-11-22-4-3-12-29-22/h5-10,18-20,22,29H,3-4,11-17H2,1-2H3,(H,31,35). The third-order valence-corrected chi connectivity index (χ3v) is 6.77. The van der Waals surface area contributed by atoms with Crippen molar-refractivity contribution in [3.05, 3.63) is 48.7 Å². The normalized spacial score (nSPS) is 17.9. The number of aromatic nitrogens is 2. The molecular weight excluding hydrogens is 468 g/mol. The lowest BCUT2D eigenvalue weighted by atomic mass is 10.2. The van der Waals surface area contributed by atoms with Gasteiger partial charge in [0.05, 0.1) is 18.2 Å². The molecule has 2 aliphatic heterocycles. The smallest absolute Gasteiger partial charge is 0.321 e. The van der Waals surface area contributed by atoms with Crippen LogP contribution in [-0.2, 0) is 0 Å². The van der Waals surface area contributed by atoms with E-state index in [1.807, 2.05) is 67.4 Å². The third kappa shape index (κ3) is 6.60. The van der Waals surface area contributed by atoms with Gasteiger partial charge in [-0.1, -0.05) is 0 Å². The number of urea groups is 1. The van der Waals surface area contributed by atoms with Crippen LogP contribution >= 0.6 is 0 Å². The Labute approximate surface area is 218 Å². The SMILES string of the molecule is CC(C)Oc1ccc(NC(=O)N2CCN(c3ncc4ccc(OCCC5CCCN5)cc4n3)CC2)cc1. The van der Waals surface area contributed by atoms with Gasteiger partial charge < -0.3 is 29.9 Å². The number of amides is 2. The molecule has 9 heteroatoms. The van der Waals surface area contributed by atoms with Crippen molar-refractivity contribution in [1.82, 2.24) is 20.2 Å². The quantitative estimate of drug-likeness (QED) is 0.473. The minimum absolute atomic E-state index is 0.105. The van der Waals surface area contributed by atoms with Crippen molar-refractivity contribution in [2.24, 2.45) is 0 Å². The summed E-state index contributed by atoms with van der Waals surface area (Å²) in [6.07, 6.45) is 5.47. The Balaban J connectivity index is 1.14. The van der Waals surface area contributed by atoms with Crippen molar-refractivity contribution in [3.63, 3.8) is 0 Å². The molecule has 0 aliphatic carbocycles. The van der Waals surface area contributed by atoms with Crippen LogP contribution in [-0.4, -0.2) is 72.4 Å². The van der Waals surface area contributed by atoms with E-state index in [0.717, 1.165) is 41.1 Å². The summed E-state index contributed by atoms with van der Waals surface area (Å²) in [7, 11) is 0. The highest BCUT2D eigenvalue weighted by Gasteiger charge is 2.23. The van der Waals surface area contributed by atoms with E-state index in [2.05, 4.69) is 20.5 Å². The molecule has 9 nitrogen and oxygen atoms in total. The van der Waals surface area contributed by atoms with Gasteiger partial charge in [-0.25, -0.2) is 14.8 Å². The molecule has 1 aromatic heterocycles. The molecule has 0 saturated carbocycles. The van der Waals surface area contributed by atoms with E-state index in [1.54, 1.807) is 0 Å². The maximum atomic E-state index is 12.8. The molecule has 1 unspecified atom stereocenters. The molecule has 2 saturated heterocycles. The number of anilines is 2. The van der Waals surface area contributed by atoms with E-state index >= 15 is 0 Å². The molecule has 5 rings (SSSR count). The summed E-state index contributed by atoms with van der Waals surface area (Å²) >= 11 is 0. The lowest BCUT2D eigenvalue weighted by Gasteiger charge is -2.34. The van der Waals surface area contributed by atoms with Crippen LogP contribution in [0.3, 0.4) is 0 Å². The number of piperazine rings is 1. The molecule has 1 atom stereocenters. The molecular formula is C28H36N6O3. The zero-order chi connectivity index (χ0) is 25.6. The van der Waals surface area contributed by atoms with E-state index in [-0.39, 0.29) is 12.1 Å². The first-order valence-electron chi connectivity index (χ1n) is 13.2. The topological polar surface area (TPSA) is 91.9 Å². The predicted octanol–water partition coefficient (Wildman–Crippen LogP) is 4.29. The number of ether oxygens (including phenoxy) is 2. The zero-order valence-electron chi connectivity index (χ0n) is 21.7. The van der Waals surface area contributed by atoms with Crippen molar-refractivity contribution in [1.29, 1.82) is 0 Å². The van der Waals surface area contributed by atoms with E-state index in [9.17, 15) is 4.79 Å². The number of nitrogens with one attached hydrogen (secondary N) is 2. The molecule has 3 aromatic rings. The Hall–Kier alpha value is -3.59. The molecule has 2 fully saturated rings. The lowest BCUT2D eigenvalue weighted by Crippen LogP contribution is -2.50. The molecule has 3 heterocycles. The van der Waals surface area contributed by atoms with Crippen LogP contribution in [0.4, 0.5) is 16.4 Å². The van der Waals surface area contributed by atoms with Gasteiger partial charge >= 0.3 is 6.03 Å². The average molecular weight is 505 g/mol. The van der Waals surface area contributed by atoms with Crippen LogP contribution in [0.2, 0.25) is 0 Å². The van der Waals surface area contributed by atoms with Crippen molar-refractivity contribution in [2.75, 3.05) is 49.5 Å². The van der Waals surface area contributed by atoms with Gasteiger partial charge in [-0.05, 0) is 76.1 Å². The van der Waals surface area contributed by atoms with E-state index in [0.29, 0.717) is 44.8 Å². The summed E-state index contributed by atoms with van der Waals surface area (Å²) in [5.74, 6) is 2.30. The summed E-state index contributed by atoms with van der Waals surface area (Å²) < 4.78 is 11.7. The number of hydrogen-bond acceptors (Lipinski definition) is 7. The Morgan fingerprint density at radius 1 is 1.11 bits per heavy atom. The van der Waals surface area contributed by atoms with Gasteiger partial charge in [0.15, 0.2) is 0 Å². The Morgan fingerprint density at radius 2 is 1.89 bits per heavy atom. The van der Waals surface area contributed by atoms with Crippen molar-refractivity contribution in [3.8, 4) is 11.5 Å². The van der Waals surface area contributed by atoms with Crippen LogP contribution in [0.5, 0.6) is 11.5 Å². The summed E-state index contributed by atoms with van der Waals surface area (Å²) in [6.45, 7) is 8.32. The molecule has 0 spiro atoms. The number of benzene rings is 2. The molecule has 2 aromatic carbocycles. The number of rotatable bonds is 8. The maximum absolute atomic E-state index is 12.8. The van der Waals surface area contributed by atoms with Gasteiger partial charge in [0.25, 0.3) is 0 Å². The highest BCUT2D eigenvalue weighted by Crippen LogP contribution is 2.23. The minimum atomic E-state index is -0.105. The van der Waals surface area contributed by atoms with Gasteiger partial charge in [0, 0.05) is 55.6 Å². The van der Waals surface area contributed by atoms with Crippen LogP contribution in [0.1, 0.15) is 33.1 Å². The fraction of sp³-hybridized carbons (Fsp3) is 0.464. The largest absolute Gasteiger partial charge is 0.493 e. The second kappa shape index (κ2) is 11.6. The van der Waals surface area contributed by atoms with Gasteiger partial charge in [0.2, 0.25) is 5.95 Å². The first-order chi connectivity index (χ1) is 18.0. The van der Waals surface area contributed by atoms with Gasteiger partial charge in [-0.2, -0.15) is 0 Å². The first-order valence-corrected chi connectivity index (χ1v) is 13.2. The van der Waals surface area contributed by atoms with Crippen LogP contribution < -0.4 is 25.0 Å².